The molecule has 0 unspecified atom stereocenters. The molecule has 0 radical (unpaired) electrons. The van der Waals surface area contributed by atoms with Gasteiger partial charge in [-0.3, -0.25) is 4.79 Å². The quantitative estimate of drug-likeness (QED) is 0.258. The number of carbonyl (C=O) groups is 1. The second-order valence-corrected chi connectivity index (χ2v) is 1.89. The van der Waals surface area contributed by atoms with Crippen LogP contribution in [0, 0.1) is 0 Å². The first-order chi connectivity index (χ1) is 4.81. The Hall–Kier alpha value is -1.15. The highest BCUT2D eigenvalue weighted by molar-refractivity contribution is 6.23. The Kier molecular flexibility index (Phi) is 5.29. The first kappa shape index (κ1) is 8.85. The molecule has 0 aromatic rings. The lowest BCUT2D eigenvalue weighted by Gasteiger charge is -1.94. The number of carbonyl (C=O) groups excluding carboxylic acids is 1. The molecule has 0 spiro atoms. The number of rotatable bonds is 4. The van der Waals surface area contributed by atoms with Gasteiger partial charge < -0.3 is 10.8 Å². The normalized spacial score (nSPS) is 8.10. The van der Waals surface area contributed by atoms with E-state index in [9.17, 15) is 4.79 Å². The van der Waals surface area contributed by atoms with Crippen LogP contribution in [0.5, 0.6) is 0 Å². The molecule has 0 aromatic heterocycles. The van der Waals surface area contributed by atoms with E-state index in [1.54, 1.807) is 0 Å². The van der Waals surface area contributed by atoms with Crippen molar-refractivity contribution >= 4 is 12.1 Å². The zero-order chi connectivity index (χ0) is 7.82. The maximum atomic E-state index is 10.5. The van der Waals surface area contributed by atoms with E-state index in [0.29, 0.717) is 6.54 Å². The van der Waals surface area contributed by atoms with E-state index in [1.807, 2.05) is 6.92 Å². The molecule has 0 heterocycles. The Morgan fingerprint density at radius 1 is 1.80 bits per heavy atom. The molecule has 56 valence electrons. The highest BCUT2D eigenvalue weighted by Crippen LogP contribution is 1.80. The van der Waals surface area contributed by atoms with Gasteiger partial charge in [-0.15, -0.1) is 0 Å². The van der Waals surface area contributed by atoms with Gasteiger partial charge in [0, 0.05) is 6.54 Å². The highest BCUT2D eigenvalue weighted by atomic mass is 16.1. The van der Waals surface area contributed by atoms with E-state index in [1.165, 1.54) is 0 Å². The van der Waals surface area contributed by atoms with Gasteiger partial charge in [0.05, 0.1) is 0 Å². The summed E-state index contributed by atoms with van der Waals surface area (Å²) < 4.78 is 0. The topological polar surface area (TPSA) is 65.5 Å². The van der Waals surface area contributed by atoms with Crippen LogP contribution in [0.3, 0.4) is 0 Å². The summed E-state index contributed by atoms with van der Waals surface area (Å²) in [5, 5.41) is 2.54. The fourth-order valence-electron chi connectivity index (χ4n) is 0.486. The fraction of sp³-hybridized carbons (Fsp3) is 0.667. The minimum Gasteiger partial charge on any atom is -0.361 e. The van der Waals surface area contributed by atoms with E-state index in [0.717, 1.165) is 19.1 Å². The van der Waals surface area contributed by atoms with Crippen LogP contribution in [-0.2, 0) is 4.79 Å². The molecule has 4 heteroatoms. The molecule has 0 bridgehead atoms. The maximum absolute atomic E-state index is 10.5. The van der Waals surface area contributed by atoms with Crippen molar-refractivity contribution in [3.8, 4) is 0 Å². The van der Waals surface area contributed by atoms with Crippen LogP contribution in [0.1, 0.15) is 19.8 Å². The van der Waals surface area contributed by atoms with Gasteiger partial charge in [-0.1, -0.05) is 13.3 Å². The predicted octanol–water partition coefficient (Wildman–Crippen LogP) is 0.203. The standard InChI is InChI=1S/C6H11N3O/c1-2-3-4-8-6(10)5-9-7/h5H,2-4H2,1H3,(H,8,10). The molecule has 0 atom stereocenters. The fourth-order valence-corrected chi connectivity index (χ4v) is 0.486. The SMILES string of the molecule is CCCCNC(=O)C=[N+]=[N-]. The molecule has 4 nitrogen and oxygen atoms in total. The lowest BCUT2D eigenvalue weighted by molar-refractivity contribution is -0.117. The molecule has 0 saturated heterocycles. The van der Waals surface area contributed by atoms with Crippen LogP contribution in [0.4, 0.5) is 0 Å². The molecule has 0 rings (SSSR count). The minimum absolute atomic E-state index is 0.351. The average molecular weight is 141 g/mol. The largest absolute Gasteiger partial charge is 0.361 e. The smallest absolute Gasteiger partial charge is 0.344 e. The van der Waals surface area contributed by atoms with Crippen LogP contribution in [0.15, 0.2) is 0 Å². The summed E-state index contributed by atoms with van der Waals surface area (Å²) >= 11 is 0. The van der Waals surface area contributed by atoms with Crippen LogP contribution in [0.25, 0.3) is 5.53 Å². The van der Waals surface area contributed by atoms with Gasteiger partial charge in [-0.25, -0.2) is 0 Å². The van der Waals surface area contributed by atoms with Crippen LogP contribution in [0.2, 0.25) is 0 Å². The van der Waals surface area contributed by atoms with E-state index < -0.39 is 0 Å². The third-order valence-electron chi connectivity index (χ3n) is 1.00. The Bertz CT molecular complexity index is 149. The molecule has 0 aliphatic carbocycles. The second-order valence-electron chi connectivity index (χ2n) is 1.89. The minimum atomic E-state index is -0.351. The van der Waals surface area contributed by atoms with Crippen molar-refractivity contribution in [2.45, 2.75) is 19.8 Å². The van der Waals surface area contributed by atoms with Gasteiger partial charge >= 0.3 is 12.1 Å². The summed E-state index contributed by atoms with van der Waals surface area (Å²) in [6.45, 7) is 2.67. The molecule has 1 amide bonds. The van der Waals surface area contributed by atoms with Crippen LogP contribution < -0.4 is 5.32 Å². The van der Waals surface area contributed by atoms with Crippen LogP contribution >= 0.6 is 0 Å². The van der Waals surface area contributed by atoms with E-state index in [2.05, 4.69) is 10.1 Å². The monoisotopic (exact) mass is 141 g/mol. The Labute approximate surface area is 59.9 Å². The van der Waals surface area contributed by atoms with Gasteiger partial charge in [0.1, 0.15) is 0 Å². The van der Waals surface area contributed by atoms with Crippen molar-refractivity contribution in [2.75, 3.05) is 6.54 Å². The predicted molar refractivity (Wildman–Crippen MR) is 37.6 cm³/mol. The highest BCUT2D eigenvalue weighted by Gasteiger charge is 1.97. The lowest BCUT2D eigenvalue weighted by Crippen LogP contribution is -2.25. The first-order valence-electron chi connectivity index (χ1n) is 3.26. The van der Waals surface area contributed by atoms with Gasteiger partial charge in [0.25, 0.3) is 0 Å². The maximum Gasteiger partial charge on any atom is 0.344 e. The van der Waals surface area contributed by atoms with Crippen molar-refractivity contribution in [3.63, 3.8) is 0 Å². The van der Waals surface area contributed by atoms with Gasteiger partial charge in [-0.05, 0) is 6.42 Å². The number of hydrogen-bond acceptors (Lipinski definition) is 1. The molecular weight excluding hydrogens is 130 g/mol. The third-order valence-corrected chi connectivity index (χ3v) is 1.00. The zero-order valence-corrected chi connectivity index (χ0v) is 6.00. The molecule has 0 aromatic carbocycles. The number of nitrogens with zero attached hydrogens (tertiary/aromatic N) is 2. The van der Waals surface area contributed by atoms with E-state index in [4.69, 9.17) is 5.53 Å². The van der Waals surface area contributed by atoms with Crippen molar-refractivity contribution in [1.82, 2.24) is 5.32 Å². The number of unbranched alkanes of at least 4 members (excludes halogenated alkanes) is 1. The van der Waals surface area contributed by atoms with E-state index >= 15 is 0 Å². The summed E-state index contributed by atoms with van der Waals surface area (Å²) in [6, 6.07) is 0. The summed E-state index contributed by atoms with van der Waals surface area (Å²) in [5.41, 5.74) is 7.90. The molecular formula is C6H11N3O. The summed E-state index contributed by atoms with van der Waals surface area (Å²) in [5.74, 6) is -0.351. The Balaban J connectivity index is 3.31. The summed E-state index contributed by atoms with van der Waals surface area (Å²) in [7, 11) is 0. The first-order valence-corrected chi connectivity index (χ1v) is 3.26. The number of nitrogens with one attached hydrogen (secondary N) is 1. The summed E-state index contributed by atoms with van der Waals surface area (Å²) in [4.78, 5) is 13.1. The van der Waals surface area contributed by atoms with E-state index in [-0.39, 0.29) is 5.91 Å². The third kappa shape index (κ3) is 5.00. The van der Waals surface area contributed by atoms with Crippen molar-refractivity contribution in [3.05, 3.63) is 5.53 Å². The molecule has 0 aliphatic heterocycles. The molecule has 0 aliphatic rings. The Morgan fingerprint density at radius 3 is 3.00 bits per heavy atom. The number of hydrogen-bond donors (Lipinski definition) is 1. The molecule has 0 fully saturated rings. The Morgan fingerprint density at radius 2 is 2.50 bits per heavy atom. The van der Waals surface area contributed by atoms with Gasteiger partial charge in [-0.2, -0.15) is 4.79 Å². The second kappa shape index (κ2) is 5.98. The van der Waals surface area contributed by atoms with Crippen molar-refractivity contribution < 1.29 is 9.58 Å². The average Bonchev–Trinajstić information content (AvgIpc) is 1.89. The van der Waals surface area contributed by atoms with Crippen molar-refractivity contribution in [1.29, 1.82) is 0 Å². The van der Waals surface area contributed by atoms with Crippen LogP contribution in [-0.4, -0.2) is 23.5 Å². The molecule has 10 heavy (non-hydrogen) atoms. The lowest BCUT2D eigenvalue weighted by atomic mass is 10.3. The molecule has 1 N–H and O–H groups in total. The van der Waals surface area contributed by atoms with Crippen molar-refractivity contribution in [2.24, 2.45) is 0 Å². The molecule has 0 saturated carbocycles. The summed E-state index contributed by atoms with van der Waals surface area (Å²) in [6.07, 6.45) is 2.83. The number of amides is 1. The van der Waals surface area contributed by atoms with Gasteiger partial charge in [0.15, 0.2) is 0 Å². The zero-order valence-electron chi connectivity index (χ0n) is 6.00. The van der Waals surface area contributed by atoms with Gasteiger partial charge in [0.2, 0.25) is 0 Å².